The summed E-state index contributed by atoms with van der Waals surface area (Å²) in [6.45, 7) is 0. The van der Waals surface area contributed by atoms with Gasteiger partial charge in [0.25, 0.3) is 0 Å². The highest BCUT2D eigenvalue weighted by Crippen LogP contribution is 2.32. The number of carbonyl (C=O) groups is 1. The SMILES string of the molecule is O=C(O)C(O)c1cc2ccc(O)cc2s1. The van der Waals surface area contributed by atoms with Crippen molar-refractivity contribution in [3.05, 3.63) is 29.1 Å². The average molecular weight is 224 g/mol. The topological polar surface area (TPSA) is 77.8 Å². The molecule has 3 N–H and O–H groups in total. The molecule has 0 amide bonds. The van der Waals surface area contributed by atoms with E-state index in [1.54, 1.807) is 12.1 Å². The van der Waals surface area contributed by atoms with Crippen LogP contribution < -0.4 is 0 Å². The predicted octanol–water partition coefficient (Wildman–Crippen LogP) is 1.72. The fourth-order valence-electron chi connectivity index (χ4n) is 1.30. The summed E-state index contributed by atoms with van der Waals surface area (Å²) in [6, 6.07) is 6.35. The van der Waals surface area contributed by atoms with Crippen LogP contribution in [0.4, 0.5) is 0 Å². The summed E-state index contributed by atoms with van der Waals surface area (Å²) in [4.78, 5) is 10.9. The van der Waals surface area contributed by atoms with Crippen molar-refractivity contribution in [2.24, 2.45) is 0 Å². The minimum atomic E-state index is -1.50. The van der Waals surface area contributed by atoms with E-state index in [0.717, 1.165) is 21.4 Å². The Labute approximate surface area is 89.0 Å². The Balaban J connectivity index is 2.51. The number of hydrogen-bond acceptors (Lipinski definition) is 4. The van der Waals surface area contributed by atoms with Crippen LogP contribution in [0.3, 0.4) is 0 Å². The minimum absolute atomic E-state index is 0.126. The lowest BCUT2D eigenvalue weighted by atomic mass is 10.2. The molecule has 0 radical (unpaired) electrons. The lowest BCUT2D eigenvalue weighted by Crippen LogP contribution is -2.08. The second kappa shape index (κ2) is 3.52. The summed E-state index contributed by atoms with van der Waals surface area (Å²) in [5, 5.41) is 28.0. The van der Waals surface area contributed by atoms with E-state index >= 15 is 0 Å². The van der Waals surface area contributed by atoms with Crippen molar-refractivity contribution >= 4 is 27.4 Å². The molecule has 15 heavy (non-hydrogen) atoms. The van der Waals surface area contributed by atoms with Gasteiger partial charge in [0.1, 0.15) is 5.75 Å². The molecule has 2 rings (SSSR count). The zero-order valence-electron chi connectivity index (χ0n) is 7.54. The van der Waals surface area contributed by atoms with E-state index in [4.69, 9.17) is 5.11 Å². The van der Waals surface area contributed by atoms with Crippen LogP contribution in [-0.2, 0) is 4.79 Å². The van der Waals surface area contributed by atoms with Crippen molar-refractivity contribution in [2.75, 3.05) is 0 Å². The highest BCUT2D eigenvalue weighted by molar-refractivity contribution is 7.19. The van der Waals surface area contributed by atoms with Crippen molar-refractivity contribution in [3.63, 3.8) is 0 Å². The van der Waals surface area contributed by atoms with Gasteiger partial charge in [-0.3, -0.25) is 0 Å². The van der Waals surface area contributed by atoms with Crippen LogP contribution in [-0.4, -0.2) is 21.3 Å². The Bertz CT molecular complexity index is 517. The minimum Gasteiger partial charge on any atom is -0.508 e. The van der Waals surface area contributed by atoms with Crippen LogP contribution in [0.25, 0.3) is 10.1 Å². The number of benzene rings is 1. The van der Waals surface area contributed by atoms with Crippen molar-refractivity contribution in [1.29, 1.82) is 0 Å². The van der Waals surface area contributed by atoms with Crippen LogP contribution in [0.1, 0.15) is 11.0 Å². The number of phenolic OH excluding ortho intramolecular Hbond substituents is 1. The first-order chi connectivity index (χ1) is 7.08. The number of aliphatic hydroxyl groups excluding tert-OH is 1. The molecule has 0 fully saturated rings. The largest absolute Gasteiger partial charge is 0.508 e. The number of aromatic hydroxyl groups is 1. The van der Waals surface area contributed by atoms with Gasteiger partial charge >= 0.3 is 5.97 Å². The number of carboxylic acid groups (broad SMARTS) is 1. The van der Waals surface area contributed by atoms with Gasteiger partial charge in [0.2, 0.25) is 0 Å². The highest BCUT2D eigenvalue weighted by Gasteiger charge is 2.18. The molecule has 0 saturated carbocycles. The number of hydrogen-bond donors (Lipinski definition) is 3. The van der Waals surface area contributed by atoms with Crippen LogP contribution in [0.15, 0.2) is 24.3 Å². The van der Waals surface area contributed by atoms with Gasteiger partial charge in [-0.2, -0.15) is 0 Å². The quantitative estimate of drug-likeness (QED) is 0.725. The van der Waals surface area contributed by atoms with Gasteiger partial charge in [-0.15, -0.1) is 11.3 Å². The Morgan fingerprint density at radius 1 is 1.33 bits per heavy atom. The number of aliphatic carboxylic acids is 1. The molecule has 1 aromatic heterocycles. The molecule has 2 aromatic rings. The summed E-state index contributed by atoms with van der Waals surface area (Å²) in [7, 11) is 0. The molecule has 0 bridgehead atoms. The summed E-state index contributed by atoms with van der Waals surface area (Å²) < 4.78 is 0.755. The van der Waals surface area contributed by atoms with Crippen LogP contribution in [0, 0.1) is 0 Å². The molecule has 1 unspecified atom stereocenters. The average Bonchev–Trinajstić information content (AvgIpc) is 2.58. The van der Waals surface area contributed by atoms with Gasteiger partial charge in [-0.1, -0.05) is 0 Å². The third-order valence-electron chi connectivity index (χ3n) is 2.03. The summed E-state index contributed by atoms with van der Waals surface area (Å²) >= 11 is 1.16. The number of phenols is 1. The lowest BCUT2D eigenvalue weighted by molar-refractivity contribution is -0.146. The van der Waals surface area contributed by atoms with E-state index in [2.05, 4.69) is 0 Å². The fourth-order valence-corrected chi connectivity index (χ4v) is 2.37. The van der Waals surface area contributed by atoms with E-state index in [1.807, 2.05) is 0 Å². The second-order valence-corrected chi connectivity index (χ2v) is 4.23. The van der Waals surface area contributed by atoms with E-state index in [-0.39, 0.29) is 5.75 Å². The Hall–Kier alpha value is -1.59. The molecule has 1 heterocycles. The van der Waals surface area contributed by atoms with E-state index < -0.39 is 12.1 Å². The molecule has 1 aromatic carbocycles. The standard InChI is InChI=1S/C10H8O4S/c11-6-2-1-5-3-8(9(12)10(13)14)15-7(5)4-6/h1-4,9,11-12H,(H,13,14). The maximum Gasteiger partial charge on any atom is 0.338 e. The number of fused-ring (bicyclic) bond motifs is 1. The van der Waals surface area contributed by atoms with Crippen LogP contribution >= 0.6 is 11.3 Å². The van der Waals surface area contributed by atoms with Crippen molar-refractivity contribution < 1.29 is 20.1 Å². The molecule has 1 atom stereocenters. The summed E-state index contributed by atoms with van der Waals surface area (Å²) in [6.07, 6.45) is -1.50. The Kier molecular flexibility index (Phi) is 2.34. The maximum atomic E-state index is 10.6. The first-order valence-electron chi connectivity index (χ1n) is 4.21. The summed E-state index contributed by atoms with van der Waals surface area (Å²) in [5.74, 6) is -1.15. The maximum absolute atomic E-state index is 10.6. The molecular weight excluding hydrogens is 216 g/mol. The highest BCUT2D eigenvalue weighted by atomic mass is 32.1. The van der Waals surface area contributed by atoms with Gasteiger partial charge in [0.05, 0.1) is 0 Å². The number of aliphatic hydroxyl groups is 1. The van der Waals surface area contributed by atoms with Gasteiger partial charge in [0.15, 0.2) is 6.10 Å². The van der Waals surface area contributed by atoms with Crippen molar-refractivity contribution in [1.82, 2.24) is 0 Å². The zero-order valence-corrected chi connectivity index (χ0v) is 8.36. The Morgan fingerprint density at radius 2 is 2.07 bits per heavy atom. The number of carboxylic acids is 1. The molecule has 0 saturated heterocycles. The third kappa shape index (κ3) is 1.79. The second-order valence-electron chi connectivity index (χ2n) is 3.11. The molecule has 0 aliphatic rings. The zero-order chi connectivity index (χ0) is 11.0. The molecule has 5 heteroatoms. The van der Waals surface area contributed by atoms with E-state index in [0.29, 0.717) is 4.88 Å². The number of thiophene rings is 1. The molecule has 78 valence electrons. The molecule has 0 aliphatic heterocycles. The van der Waals surface area contributed by atoms with Gasteiger partial charge in [-0.25, -0.2) is 4.79 Å². The van der Waals surface area contributed by atoms with Crippen molar-refractivity contribution in [2.45, 2.75) is 6.10 Å². The molecule has 4 nitrogen and oxygen atoms in total. The van der Waals surface area contributed by atoms with Gasteiger partial charge < -0.3 is 15.3 Å². The first-order valence-corrected chi connectivity index (χ1v) is 5.03. The van der Waals surface area contributed by atoms with Crippen LogP contribution in [0.2, 0.25) is 0 Å². The van der Waals surface area contributed by atoms with E-state index in [9.17, 15) is 15.0 Å². The fraction of sp³-hybridized carbons (Fsp3) is 0.100. The third-order valence-corrected chi connectivity index (χ3v) is 3.18. The van der Waals surface area contributed by atoms with E-state index in [1.165, 1.54) is 12.1 Å². The smallest absolute Gasteiger partial charge is 0.338 e. The monoisotopic (exact) mass is 224 g/mol. The lowest BCUT2D eigenvalue weighted by Gasteiger charge is -1.99. The van der Waals surface area contributed by atoms with Crippen LogP contribution in [0.5, 0.6) is 5.75 Å². The molecular formula is C10H8O4S. The van der Waals surface area contributed by atoms with Crippen molar-refractivity contribution in [3.8, 4) is 5.75 Å². The normalized spacial score (nSPS) is 12.9. The first kappa shape index (κ1) is 9.95. The Morgan fingerprint density at radius 3 is 2.73 bits per heavy atom. The van der Waals surface area contributed by atoms with Gasteiger partial charge in [0, 0.05) is 9.58 Å². The molecule has 0 aliphatic carbocycles. The number of rotatable bonds is 2. The van der Waals surface area contributed by atoms with Gasteiger partial charge in [-0.05, 0) is 29.7 Å². The molecule has 0 spiro atoms. The predicted molar refractivity (Wildman–Crippen MR) is 56.1 cm³/mol. The summed E-state index contributed by atoms with van der Waals surface area (Å²) in [5.41, 5.74) is 0.